The van der Waals surface area contributed by atoms with Crippen LogP contribution in [-0.2, 0) is 10.3 Å². The van der Waals surface area contributed by atoms with Crippen LogP contribution < -0.4 is 0 Å². The topological polar surface area (TPSA) is 42.1 Å². The molecule has 1 N–H and O–H groups in total. The van der Waals surface area contributed by atoms with Gasteiger partial charge in [0.25, 0.3) is 0 Å². The van der Waals surface area contributed by atoms with E-state index in [0.29, 0.717) is 5.92 Å². The largest absolute Gasteiger partial charge is 0.449 e. The first-order valence-electron chi connectivity index (χ1n) is 7.25. The summed E-state index contributed by atoms with van der Waals surface area (Å²) in [5.41, 5.74) is 5.17. The Balaban J connectivity index is 1.55. The third-order valence-electron chi connectivity index (χ3n) is 5.34. The van der Waals surface area contributed by atoms with E-state index in [-0.39, 0.29) is 17.5 Å². The van der Waals surface area contributed by atoms with Crippen molar-refractivity contribution in [3.63, 3.8) is 0 Å². The van der Waals surface area contributed by atoms with Crippen LogP contribution in [0.2, 0.25) is 0 Å². The highest BCUT2D eigenvalue weighted by Gasteiger charge is 2.81. The maximum absolute atomic E-state index is 12.1. The van der Waals surface area contributed by atoms with Crippen LogP contribution in [0, 0.1) is 0 Å². The Morgan fingerprint density at radius 3 is 2.86 bits per heavy atom. The second kappa shape index (κ2) is 2.89. The van der Waals surface area contributed by atoms with Crippen LogP contribution in [0.5, 0.6) is 0 Å². The molecule has 21 heavy (non-hydrogen) atoms. The monoisotopic (exact) mass is 273 g/mol. The summed E-state index contributed by atoms with van der Waals surface area (Å²) in [5.74, 6) is 0.437. The van der Waals surface area contributed by atoms with Gasteiger partial charge in [0.15, 0.2) is 5.60 Å². The van der Waals surface area contributed by atoms with Crippen molar-refractivity contribution in [1.29, 1.82) is 0 Å². The minimum absolute atomic E-state index is 0.159. The Bertz CT molecular complexity index is 937. The molecule has 1 saturated carbocycles. The summed E-state index contributed by atoms with van der Waals surface area (Å²) in [6, 6.07) is 16.4. The summed E-state index contributed by atoms with van der Waals surface area (Å²) in [6.45, 7) is 0. The second-order valence-corrected chi connectivity index (χ2v) is 6.22. The molecule has 0 amide bonds. The minimum atomic E-state index is -0.357. The van der Waals surface area contributed by atoms with E-state index in [2.05, 4.69) is 29.2 Å². The molecular weight excluding hydrogens is 262 g/mol. The molecule has 100 valence electrons. The SMILES string of the molecule is O=C1OC23c4c1cccc4C2C3c1cc2ccccc2[nH]1. The highest BCUT2D eigenvalue weighted by atomic mass is 16.6. The standard InChI is InChI=1S/C18H11NO2/c20-17-11-6-3-5-10-14(11)18(21-17)15(10)16(18)13-8-9-4-1-2-7-12(9)19-13/h1-8,15-16,19H. The number of benzene rings is 2. The normalized spacial score (nSPS) is 30.6. The summed E-state index contributed by atoms with van der Waals surface area (Å²) in [6.07, 6.45) is 0. The summed E-state index contributed by atoms with van der Waals surface area (Å²) < 4.78 is 5.77. The summed E-state index contributed by atoms with van der Waals surface area (Å²) in [5, 5.41) is 1.21. The molecule has 0 radical (unpaired) electrons. The van der Waals surface area contributed by atoms with Crippen molar-refractivity contribution in [3.05, 3.63) is 70.9 Å². The summed E-state index contributed by atoms with van der Waals surface area (Å²) in [7, 11) is 0. The van der Waals surface area contributed by atoms with Crippen LogP contribution in [0.4, 0.5) is 0 Å². The number of para-hydroxylation sites is 1. The number of esters is 1. The van der Waals surface area contributed by atoms with E-state index in [4.69, 9.17) is 4.74 Å². The number of fused-ring (bicyclic) bond motifs is 2. The fourth-order valence-corrected chi connectivity index (χ4v) is 4.50. The van der Waals surface area contributed by atoms with Crippen LogP contribution in [0.25, 0.3) is 10.9 Å². The number of aromatic nitrogens is 1. The zero-order chi connectivity index (χ0) is 13.8. The van der Waals surface area contributed by atoms with Crippen molar-refractivity contribution < 1.29 is 9.53 Å². The number of H-pyrrole nitrogens is 1. The molecule has 1 aliphatic heterocycles. The molecule has 3 nitrogen and oxygen atoms in total. The number of nitrogens with one attached hydrogen (secondary N) is 1. The molecule has 6 rings (SSSR count). The number of carbonyl (C=O) groups is 1. The predicted molar refractivity (Wildman–Crippen MR) is 77.3 cm³/mol. The number of carbonyl (C=O) groups excluding carboxylic acids is 1. The average molecular weight is 273 g/mol. The van der Waals surface area contributed by atoms with E-state index in [1.165, 1.54) is 16.6 Å². The van der Waals surface area contributed by atoms with Gasteiger partial charge in [-0.2, -0.15) is 0 Å². The van der Waals surface area contributed by atoms with E-state index in [9.17, 15) is 4.79 Å². The maximum Gasteiger partial charge on any atom is 0.339 e. The lowest BCUT2D eigenvalue weighted by Crippen LogP contribution is -2.19. The molecule has 3 aromatic rings. The predicted octanol–water partition coefficient (Wildman–Crippen LogP) is 3.43. The van der Waals surface area contributed by atoms with E-state index in [0.717, 1.165) is 16.6 Å². The molecule has 0 bridgehead atoms. The molecule has 1 fully saturated rings. The lowest BCUT2D eigenvalue weighted by Gasteiger charge is -2.22. The van der Waals surface area contributed by atoms with Crippen LogP contribution in [0.3, 0.4) is 0 Å². The van der Waals surface area contributed by atoms with E-state index in [1.807, 2.05) is 24.3 Å². The molecule has 2 aromatic carbocycles. The Labute approximate surface area is 120 Å². The van der Waals surface area contributed by atoms with Crippen molar-refractivity contribution in [1.82, 2.24) is 4.98 Å². The fraction of sp³-hybridized carbons (Fsp3) is 0.167. The Morgan fingerprint density at radius 2 is 1.95 bits per heavy atom. The van der Waals surface area contributed by atoms with Gasteiger partial charge in [-0.25, -0.2) is 4.79 Å². The van der Waals surface area contributed by atoms with Gasteiger partial charge in [0.2, 0.25) is 0 Å². The van der Waals surface area contributed by atoms with Gasteiger partial charge in [-0.05, 0) is 29.1 Å². The highest BCUT2D eigenvalue weighted by Crippen LogP contribution is 2.82. The Morgan fingerprint density at radius 1 is 1.05 bits per heavy atom. The average Bonchev–Trinajstić information content (AvgIpc) is 2.79. The van der Waals surface area contributed by atoms with Crippen molar-refractivity contribution in [2.24, 2.45) is 0 Å². The molecule has 2 heterocycles. The van der Waals surface area contributed by atoms with Gasteiger partial charge in [0.05, 0.1) is 11.5 Å². The van der Waals surface area contributed by atoms with Crippen molar-refractivity contribution in [2.75, 3.05) is 0 Å². The fourth-order valence-electron chi connectivity index (χ4n) is 4.50. The van der Waals surface area contributed by atoms with E-state index >= 15 is 0 Å². The van der Waals surface area contributed by atoms with E-state index in [1.54, 1.807) is 0 Å². The van der Waals surface area contributed by atoms with Gasteiger partial charge >= 0.3 is 5.97 Å². The Hall–Kier alpha value is -2.55. The number of hydrogen-bond acceptors (Lipinski definition) is 2. The third-order valence-corrected chi connectivity index (χ3v) is 5.34. The van der Waals surface area contributed by atoms with Gasteiger partial charge < -0.3 is 9.72 Å². The molecule has 2 aliphatic carbocycles. The third kappa shape index (κ3) is 0.916. The first kappa shape index (κ1) is 10.2. The maximum atomic E-state index is 12.1. The first-order chi connectivity index (χ1) is 10.3. The van der Waals surface area contributed by atoms with Crippen LogP contribution >= 0.6 is 0 Å². The number of hydrogen-bond donors (Lipinski definition) is 1. The van der Waals surface area contributed by atoms with Crippen molar-refractivity contribution in [3.8, 4) is 0 Å². The van der Waals surface area contributed by atoms with Gasteiger partial charge in [-0.3, -0.25) is 0 Å². The lowest BCUT2D eigenvalue weighted by molar-refractivity contribution is 0.0245. The smallest absolute Gasteiger partial charge is 0.339 e. The molecule has 3 unspecified atom stereocenters. The molecule has 3 aliphatic rings. The van der Waals surface area contributed by atoms with Gasteiger partial charge in [0.1, 0.15) is 0 Å². The van der Waals surface area contributed by atoms with Crippen LogP contribution in [0.15, 0.2) is 48.5 Å². The van der Waals surface area contributed by atoms with Crippen LogP contribution in [-0.4, -0.2) is 11.0 Å². The highest BCUT2D eigenvalue weighted by molar-refractivity contribution is 5.99. The number of ether oxygens (including phenoxy) is 1. The molecule has 1 spiro atoms. The zero-order valence-corrected chi connectivity index (χ0v) is 11.1. The first-order valence-corrected chi connectivity index (χ1v) is 7.25. The molecule has 1 aromatic heterocycles. The van der Waals surface area contributed by atoms with Crippen LogP contribution in [0.1, 0.15) is 39.0 Å². The Kier molecular flexibility index (Phi) is 1.40. The quantitative estimate of drug-likeness (QED) is 0.690. The van der Waals surface area contributed by atoms with Gasteiger partial charge in [0, 0.05) is 22.7 Å². The summed E-state index contributed by atoms with van der Waals surface area (Å²) in [4.78, 5) is 15.6. The number of aromatic amines is 1. The van der Waals surface area contributed by atoms with E-state index < -0.39 is 0 Å². The second-order valence-electron chi connectivity index (χ2n) is 6.22. The van der Waals surface area contributed by atoms with Gasteiger partial charge in [-0.1, -0.05) is 30.3 Å². The molecule has 3 heteroatoms. The molecule has 0 saturated heterocycles. The lowest BCUT2D eigenvalue weighted by atomic mass is 9.84. The molecule has 3 atom stereocenters. The molecular formula is C18H11NO2. The van der Waals surface area contributed by atoms with Crippen molar-refractivity contribution >= 4 is 16.9 Å². The van der Waals surface area contributed by atoms with Crippen molar-refractivity contribution in [2.45, 2.75) is 17.4 Å². The number of rotatable bonds is 1. The minimum Gasteiger partial charge on any atom is -0.449 e. The van der Waals surface area contributed by atoms with Gasteiger partial charge in [-0.15, -0.1) is 0 Å². The zero-order valence-electron chi connectivity index (χ0n) is 11.1. The summed E-state index contributed by atoms with van der Waals surface area (Å²) >= 11 is 0.